The summed E-state index contributed by atoms with van der Waals surface area (Å²) in [7, 11) is 3.14. The Labute approximate surface area is 97.9 Å². The number of nitrogens with one attached hydrogen (secondary N) is 1. The first-order valence-corrected chi connectivity index (χ1v) is 5.44. The molecule has 0 fully saturated rings. The highest BCUT2D eigenvalue weighted by atomic mass is 32.1. The molecule has 0 aromatic carbocycles. The van der Waals surface area contributed by atoms with Crippen LogP contribution in [-0.2, 0) is 5.41 Å². The molecule has 0 bridgehead atoms. The molecule has 86 valence electrons. The highest BCUT2D eigenvalue weighted by molar-refractivity contribution is 7.15. The molecule has 1 rings (SSSR count). The fourth-order valence-corrected chi connectivity index (χ4v) is 1.76. The molecule has 0 unspecified atom stereocenters. The molecule has 1 heterocycles. The lowest BCUT2D eigenvalue weighted by Crippen LogP contribution is -2.34. The Morgan fingerprint density at radius 1 is 1.56 bits per heavy atom. The summed E-state index contributed by atoms with van der Waals surface area (Å²) in [5, 5.41) is 20.3. The fourth-order valence-electron chi connectivity index (χ4n) is 0.906. The molecule has 0 saturated heterocycles. The molecule has 0 spiro atoms. The third-order valence-corrected chi connectivity index (χ3v) is 3.36. The van der Waals surface area contributed by atoms with Gasteiger partial charge in [-0.25, -0.2) is 4.79 Å². The summed E-state index contributed by atoms with van der Waals surface area (Å²) >= 11 is 1.24. The van der Waals surface area contributed by atoms with Crippen LogP contribution in [0, 0.1) is 11.3 Å². The summed E-state index contributed by atoms with van der Waals surface area (Å²) in [6, 6.07) is 1.88. The molecular weight excluding hydrogens is 226 g/mol. The SMILES string of the molecule is CNC(=O)N(C)c1nnc(C(C)(C)C#N)s1. The van der Waals surface area contributed by atoms with E-state index in [1.165, 1.54) is 16.2 Å². The first-order chi connectivity index (χ1) is 7.42. The molecule has 0 aliphatic rings. The summed E-state index contributed by atoms with van der Waals surface area (Å²) in [5.74, 6) is 0. The van der Waals surface area contributed by atoms with E-state index in [2.05, 4.69) is 21.6 Å². The van der Waals surface area contributed by atoms with E-state index in [1.54, 1.807) is 27.9 Å². The molecule has 1 aromatic heterocycles. The molecule has 0 aliphatic heterocycles. The number of aromatic nitrogens is 2. The number of nitrogens with zero attached hydrogens (tertiary/aromatic N) is 4. The molecule has 0 atom stereocenters. The van der Waals surface area contributed by atoms with Crippen molar-refractivity contribution in [1.29, 1.82) is 5.26 Å². The first-order valence-electron chi connectivity index (χ1n) is 4.63. The minimum absolute atomic E-state index is 0.266. The number of anilines is 1. The predicted molar refractivity (Wildman–Crippen MR) is 61.4 cm³/mol. The lowest BCUT2D eigenvalue weighted by atomic mass is 9.97. The van der Waals surface area contributed by atoms with Gasteiger partial charge < -0.3 is 5.32 Å². The van der Waals surface area contributed by atoms with Crippen LogP contribution in [0.3, 0.4) is 0 Å². The average Bonchev–Trinajstić information content (AvgIpc) is 2.76. The standard InChI is InChI=1S/C9H13N5OS/c1-9(2,5-10)6-12-13-8(16-6)14(4)7(15)11-3/h1-4H3,(H,11,15). The smallest absolute Gasteiger partial charge is 0.323 e. The molecule has 1 aromatic rings. The minimum atomic E-state index is -0.681. The summed E-state index contributed by atoms with van der Waals surface area (Å²) in [5.41, 5.74) is -0.681. The number of carbonyl (C=O) groups excluding carboxylic acids is 1. The number of nitriles is 1. The third-order valence-electron chi connectivity index (χ3n) is 2.03. The van der Waals surface area contributed by atoms with E-state index in [1.807, 2.05) is 0 Å². The number of hydrogen-bond donors (Lipinski definition) is 1. The third kappa shape index (κ3) is 2.28. The van der Waals surface area contributed by atoms with Crippen molar-refractivity contribution in [3.63, 3.8) is 0 Å². The molecular formula is C9H13N5OS. The average molecular weight is 239 g/mol. The number of carbonyl (C=O) groups is 1. The van der Waals surface area contributed by atoms with E-state index in [9.17, 15) is 4.79 Å². The highest BCUT2D eigenvalue weighted by Crippen LogP contribution is 2.29. The van der Waals surface area contributed by atoms with E-state index in [0.29, 0.717) is 10.1 Å². The van der Waals surface area contributed by atoms with Crippen molar-refractivity contribution in [2.75, 3.05) is 19.0 Å². The van der Waals surface area contributed by atoms with Gasteiger partial charge in [-0.15, -0.1) is 10.2 Å². The van der Waals surface area contributed by atoms with Crippen LogP contribution < -0.4 is 10.2 Å². The van der Waals surface area contributed by atoms with Gasteiger partial charge in [-0.05, 0) is 13.8 Å². The molecule has 2 amide bonds. The topological polar surface area (TPSA) is 81.9 Å². The van der Waals surface area contributed by atoms with Crippen molar-refractivity contribution in [3.8, 4) is 6.07 Å². The van der Waals surface area contributed by atoms with E-state index >= 15 is 0 Å². The Kier molecular flexibility index (Phi) is 3.44. The van der Waals surface area contributed by atoms with Crippen LogP contribution in [0.2, 0.25) is 0 Å². The van der Waals surface area contributed by atoms with Crippen LogP contribution in [0.5, 0.6) is 0 Å². The number of rotatable bonds is 2. The second kappa shape index (κ2) is 4.45. The van der Waals surface area contributed by atoms with Crippen LogP contribution in [0.1, 0.15) is 18.9 Å². The lowest BCUT2D eigenvalue weighted by Gasteiger charge is -2.12. The van der Waals surface area contributed by atoms with Crippen molar-refractivity contribution in [2.45, 2.75) is 19.3 Å². The van der Waals surface area contributed by atoms with Crippen molar-refractivity contribution in [2.24, 2.45) is 0 Å². The molecule has 0 aliphatic carbocycles. The molecule has 7 heteroatoms. The van der Waals surface area contributed by atoms with E-state index < -0.39 is 5.41 Å². The number of hydrogen-bond acceptors (Lipinski definition) is 5. The summed E-state index contributed by atoms with van der Waals surface area (Å²) in [6.07, 6.45) is 0. The Hall–Kier alpha value is -1.68. The minimum Gasteiger partial charge on any atom is -0.341 e. The van der Waals surface area contributed by atoms with Gasteiger partial charge in [-0.3, -0.25) is 4.90 Å². The summed E-state index contributed by atoms with van der Waals surface area (Å²) in [6.45, 7) is 3.52. The quantitative estimate of drug-likeness (QED) is 0.838. The van der Waals surface area contributed by atoms with Gasteiger partial charge >= 0.3 is 6.03 Å². The summed E-state index contributed by atoms with van der Waals surface area (Å²) < 4.78 is 0. The van der Waals surface area contributed by atoms with Gasteiger partial charge in [0.05, 0.1) is 6.07 Å². The van der Waals surface area contributed by atoms with Gasteiger partial charge in [0.15, 0.2) is 0 Å². The molecule has 0 saturated carbocycles. The lowest BCUT2D eigenvalue weighted by molar-refractivity contribution is 0.249. The van der Waals surface area contributed by atoms with Crippen LogP contribution >= 0.6 is 11.3 Å². The van der Waals surface area contributed by atoms with Crippen LogP contribution in [0.25, 0.3) is 0 Å². The van der Waals surface area contributed by atoms with Crippen molar-refractivity contribution >= 4 is 22.5 Å². The second-order valence-corrected chi connectivity index (χ2v) is 4.70. The molecule has 1 N–H and O–H groups in total. The summed E-state index contributed by atoms with van der Waals surface area (Å²) in [4.78, 5) is 12.7. The molecule has 16 heavy (non-hydrogen) atoms. The van der Waals surface area contributed by atoms with Crippen molar-refractivity contribution in [1.82, 2.24) is 15.5 Å². The normalized spacial score (nSPS) is 10.7. The Balaban J connectivity index is 2.97. The molecule has 0 radical (unpaired) electrons. The highest BCUT2D eigenvalue weighted by Gasteiger charge is 2.26. The van der Waals surface area contributed by atoms with Crippen LogP contribution in [0.4, 0.5) is 9.93 Å². The van der Waals surface area contributed by atoms with Gasteiger partial charge in [-0.2, -0.15) is 5.26 Å². The van der Waals surface area contributed by atoms with Crippen LogP contribution in [0.15, 0.2) is 0 Å². The van der Waals surface area contributed by atoms with E-state index in [-0.39, 0.29) is 6.03 Å². The zero-order valence-corrected chi connectivity index (χ0v) is 10.4. The zero-order valence-electron chi connectivity index (χ0n) is 9.61. The maximum Gasteiger partial charge on any atom is 0.323 e. The first kappa shape index (κ1) is 12.4. The van der Waals surface area contributed by atoms with Crippen molar-refractivity contribution in [3.05, 3.63) is 5.01 Å². The van der Waals surface area contributed by atoms with Gasteiger partial charge in [0, 0.05) is 14.1 Å². The van der Waals surface area contributed by atoms with E-state index in [0.717, 1.165) is 0 Å². The number of amides is 2. The van der Waals surface area contributed by atoms with E-state index in [4.69, 9.17) is 5.26 Å². The van der Waals surface area contributed by atoms with Gasteiger partial charge in [0.1, 0.15) is 10.4 Å². The fraction of sp³-hybridized carbons (Fsp3) is 0.556. The monoisotopic (exact) mass is 239 g/mol. The zero-order chi connectivity index (χ0) is 12.3. The van der Waals surface area contributed by atoms with Gasteiger partial charge in [0.25, 0.3) is 0 Å². The Morgan fingerprint density at radius 2 is 2.19 bits per heavy atom. The Morgan fingerprint density at radius 3 is 2.69 bits per heavy atom. The van der Waals surface area contributed by atoms with Crippen LogP contribution in [-0.4, -0.2) is 30.3 Å². The van der Waals surface area contributed by atoms with Crippen molar-refractivity contribution < 1.29 is 4.79 Å². The second-order valence-electron chi connectivity index (χ2n) is 3.74. The molecule has 6 nitrogen and oxygen atoms in total. The van der Waals surface area contributed by atoms with Gasteiger partial charge in [-0.1, -0.05) is 11.3 Å². The largest absolute Gasteiger partial charge is 0.341 e. The van der Waals surface area contributed by atoms with Gasteiger partial charge in [0.2, 0.25) is 5.13 Å². The predicted octanol–water partition coefficient (Wildman–Crippen LogP) is 1.11. The maximum absolute atomic E-state index is 11.3. The number of urea groups is 1. The Bertz CT molecular complexity index is 433. The maximum atomic E-state index is 11.3.